The number of nitrogens with one attached hydrogen (secondary N) is 1. The summed E-state index contributed by atoms with van der Waals surface area (Å²) in [5, 5.41) is 7.19. The zero-order chi connectivity index (χ0) is 18.8. The zero-order valence-corrected chi connectivity index (χ0v) is 15.0. The van der Waals surface area contributed by atoms with Crippen molar-refractivity contribution in [3.8, 4) is 0 Å². The second-order valence-corrected chi connectivity index (χ2v) is 7.03. The number of nitrogens with two attached hydrogens (primary N) is 1. The van der Waals surface area contributed by atoms with Crippen LogP contribution in [0.2, 0.25) is 0 Å². The minimum Gasteiger partial charge on any atom is -0.381 e. The van der Waals surface area contributed by atoms with Crippen LogP contribution in [0.4, 0.5) is 0 Å². The number of carbonyl (C=O) groups excluding carboxylic acids is 2. The first kappa shape index (κ1) is 17.5. The van der Waals surface area contributed by atoms with Crippen molar-refractivity contribution < 1.29 is 14.3 Å². The van der Waals surface area contributed by atoms with E-state index in [0.29, 0.717) is 26.1 Å². The molecule has 1 aliphatic rings. The minimum absolute atomic E-state index is 0.166. The van der Waals surface area contributed by atoms with Gasteiger partial charge in [-0.1, -0.05) is 48.5 Å². The van der Waals surface area contributed by atoms with Crippen LogP contribution in [0.25, 0.3) is 21.5 Å². The lowest BCUT2D eigenvalue weighted by molar-refractivity contribution is -0.129. The van der Waals surface area contributed by atoms with E-state index < -0.39 is 11.9 Å². The first-order valence-electron chi connectivity index (χ1n) is 9.20. The Balaban J connectivity index is 1.72. The van der Waals surface area contributed by atoms with E-state index in [1.54, 1.807) is 0 Å². The predicted molar refractivity (Wildman–Crippen MR) is 105 cm³/mol. The molecule has 27 heavy (non-hydrogen) atoms. The number of amides is 2. The van der Waals surface area contributed by atoms with Gasteiger partial charge < -0.3 is 15.8 Å². The lowest BCUT2D eigenvalue weighted by Gasteiger charge is -2.20. The third kappa shape index (κ3) is 3.51. The average molecular weight is 362 g/mol. The highest BCUT2D eigenvalue weighted by Gasteiger charge is 2.28. The first-order chi connectivity index (χ1) is 13.1. The number of hydrogen-bond acceptors (Lipinski definition) is 3. The Bertz CT molecular complexity index is 955. The van der Waals surface area contributed by atoms with Gasteiger partial charge in [0.25, 0.3) is 0 Å². The van der Waals surface area contributed by atoms with E-state index in [1.807, 2.05) is 36.4 Å². The van der Waals surface area contributed by atoms with Gasteiger partial charge in [0.2, 0.25) is 11.8 Å². The Labute approximate surface area is 157 Å². The average Bonchev–Trinajstić information content (AvgIpc) is 3.21. The molecule has 2 amide bonds. The van der Waals surface area contributed by atoms with Gasteiger partial charge in [0.05, 0.1) is 12.5 Å². The number of fused-ring (bicyclic) bond motifs is 2. The van der Waals surface area contributed by atoms with Crippen LogP contribution in [0.5, 0.6) is 0 Å². The normalized spacial score (nSPS) is 17.9. The molecule has 3 aromatic rings. The van der Waals surface area contributed by atoms with Crippen molar-refractivity contribution in [2.24, 2.45) is 11.7 Å². The zero-order valence-electron chi connectivity index (χ0n) is 15.0. The molecule has 1 aliphatic heterocycles. The van der Waals surface area contributed by atoms with Crippen molar-refractivity contribution in [3.05, 3.63) is 60.2 Å². The largest absolute Gasteiger partial charge is 0.381 e. The molecule has 0 spiro atoms. The SMILES string of the molecule is NC(=O)[C@H](Cc1c2ccccc2cc2ccccc12)NC(=O)[C@H]1CCOC1. The number of rotatable bonds is 5. The van der Waals surface area contributed by atoms with Crippen LogP contribution in [0.1, 0.15) is 12.0 Å². The highest BCUT2D eigenvalue weighted by Crippen LogP contribution is 2.29. The fourth-order valence-corrected chi connectivity index (χ4v) is 3.79. The van der Waals surface area contributed by atoms with E-state index in [4.69, 9.17) is 10.5 Å². The maximum Gasteiger partial charge on any atom is 0.240 e. The fraction of sp³-hybridized carbons (Fsp3) is 0.273. The van der Waals surface area contributed by atoms with Crippen LogP contribution in [0, 0.1) is 5.92 Å². The predicted octanol–water partition coefficient (Wildman–Crippen LogP) is 2.54. The molecular formula is C22H22N2O3. The molecule has 0 bridgehead atoms. The van der Waals surface area contributed by atoms with Crippen molar-refractivity contribution in [2.45, 2.75) is 18.9 Å². The molecule has 2 atom stereocenters. The molecule has 138 valence electrons. The molecule has 5 heteroatoms. The van der Waals surface area contributed by atoms with Crippen molar-refractivity contribution in [3.63, 3.8) is 0 Å². The molecule has 0 saturated carbocycles. The molecule has 0 aliphatic carbocycles. The molecular weight excluding hydrogens is 340 g/mol. The molecule has 1 fully saturated rings. The van der Waals surface area contributed by atoms with Crippen LogP contribution in [-0.4, -0.2) is 31.1 Å². The Hall–Kier alpha value is -2.92. The number of hydrogen-bond donors (Lipinski definition) is 2. The van der Waals surface area contributed by atoms with Crippen LogP contribution in [-0.2, 0) is 20.7 Å². The topological polar surface area (TPSA) is 81.4 Å². The summed E-state index contributed by atoms with van der Waals surface area (Å²) in [4.78, 5) is 24.6. The van der Waals surface area contributed by atoms with E-state index in [-0.39, 0.29) is 11.8 Å². The van der Waals surface area contributed by atoms with Crippen molar-refractivity contribution in [1.82, 2.24) is 5.32 Å². The van der Waals surface area contributed by atoms with Crippen LogP contribution in [0.3, 0.4) is 0 Å². The van der Waals surface area contributed by atoms with Crippen LogP contribution in [0.15, 0.2) is 54.6 Å². The maximum atomic E-state index is 12.5. The molecule has 4 rings (SSSR count). The summed E-state index contributed by atoms with van der Waals surface area (Å²) in [6, 6.07) is 17.5. The highest BCUT2D eigenvalue weighted by molar-refractivity contribution is 6.03. The lowest BCUT2D eigenvalue weighted by atomic mass is 9.92. The Morgan fingerprint density at radius 1 is 1.07 bits per heavy atom. The third-order valence-electron chi connectivity index (χ3n) is 5.25. The molecule has 0 aromatic heterocycles. The lowest BCUT2D eigenvalue weighted by Crippen LogP contribution is -2.48. The van der Waals surface area contributed by atoms with Gasteiger partial charge in [-0.25, -0.2) is 0 Å². The molecule has 3 aromatic carbocycles. The van der Waals surface area contributed by atoms with E-state index in [2.05, 4.69) is 23.5 Å². The molecule has 1 heterocycles. The van der Waals surface area contributed by atoms with Crippen molar-refractivity contribution in [2.75, 3.05) is 13.2 Å². The summed E-state index contributed by atoms with van der Waals surface area (Å²) in [5.41, 5.74) is 6.66. The van der Waals surface area contributed by atoms with E-state index in [9.17, 15) is 9.59 Å². The summed E-state index contributed by atoms with van der Waals surface area (Å²) in [6.07, 6.45) is 1.03. The second-order valence-electron chi connectivity index (χ2n) is 7.03. The van der Waals surface area contributed by atoms with Gasteiger partial charge in [0.1, 0.15) is 6.04 Å². The summed E-state index contributed by atoms with van der Waals surface area (Å²) >= 11 is 0. The van der Waals surface area contributed by atoms with Crippen LogP contribution >= 0.6 is 0 Å². The number of primary amides is 1. The van der Waals surface area contributed by atoms with Gasteiger partial charge in [-0.3, -0.25) is 9.59 Å². The van der Waals surface area contributed by atoms with Gasteiger partial charge >= 0.3 is 0 Å². The summed E-state index contributed by atoms with van der Waals surface area (Å²) in [5.74, 6) is -0.906. The summed E-state index contributed by atoms with van der Waals surface area (Å²) < 4.78 is 5.28. The quantitative estimate of drug-likeness (QED) is 0.685. The molecule has 1 saturated heterocycles. The fourth-order valence-electron chi connectivity index (χ4n) is 3.79. The smallest absolute Gasteiger partial charge is 0.240 e. The maximum absolute atomic E-state index is 12.5. The summed E-state index contributed by atoms with van der Waals surface area (Å²) in [6.45, 7) is 0.974. The van der Waals surface area contributed by atoms with Crippen LogP contribution < -0.4 is 11.1 Å². The standard InChI is InChI=1S/C22H22N2O3/c23-21(25)20(24-22(26)16-9-10-27-13-16)12-19-17-7-3-1-5-14(17)11-15-6-2-4-8-18(15)19/h1-8,11,16,20H,9-10,12-13H2,(H2,23,25)(H,24,26)/t16-,20-/m0/s1. The Morgan fingerprint density at radius 2 is 1.70 bits per heavy atom. The number of carbonyl (C=O) groups is 2. The van der Waals surface area contributed by atoms with E-state index in [1.165, 1.54) is 0 Å². The third-order valence-corrected chi connectivity index (χ3v) is 5.25. The molecule has 0 unspecified atom stereocenters. The Morgan fingerprint density at radius 3 is 2.26 bits per heavy atom. The minimum atomic E-state index is -0.757. The first-order valence-corrected chi connectivity index (χ1v) is 9.20. The molecule has 3 N–H and O–H groups in total. The van der Waals surface area contributed by atoms with E-state index in [0.717, 1.165) is 27.1 Å². The van der Waals surface area contributed by atoms with Gasteiger partial charge in [0, 0.05) is 13.0 Å². The van der Waals surface area contributed by atoms with Gasteiger partial charge in [-0.2, -0.15) is 0 Å². The van der Waals surface area contributed by atoms with Gasteiger partial charge in [-0.05, 0) is 39.6 Å². The van der Waals surface area contributed by atoms with Crippen molar-refractivity contribution >= 4 is 33.4 Å². The van der Waals surface area contributed by atoms with Gasteiger partial charge in [0.15, 0.2) is 0 Å². The second kappa shape index (κ2) is 7.37. The number of benzene rings is 3. The molecule has 0 radical (unpaired) electrons. The Kier molecular flexibility index (Phi) is 4.77. The van der Waals surface area contributed by atoms with Crippen molar-refractivity contribution in [1.29, 1.82) is 0 Å². The monoisotopic (exact) mass is 362 g/mol. The number of ether oxygens (including phenoxy) is 1. The summed E-state index contributed by atoms with van der Waals surface area (Å²) in [7, 11) is 0. The van der Waals surface area contributed by atoms with E-state index >= 15 is 0 Å². The van der Waals surface area contributed by atoms with Gasteiger partial charge in [-0.15, -0.1) is 0 Å². The highest BCUT2D eigenvalue weighted by atomic mass is 16.5. The molecule has 5 nitrogen and oxygen atoms in total.